The fraction of sp³-hybridized carbons (Fsp3) is 0.900. The second kappa shape index (κ2) is 7.16. The Hall–Kier alpha value is -1.26. The maximum absolute atomic E-state index is 13.2. The Morgan fingerprint density at radius 2 is 1.44 bits per heavy atom. The van der Waals surface area contributed by atoms with Crippen molar-refractivity contribution in [2.75, 3.05) is 26.2 Å². The van der Waals surface area contributed by atoms with Crippen molar-refractivity contribution in [3.05, 3.63) is 0 Å². The quantitative estimate of drug-likeness (QED) is 0.731. The number of piperidine rings is 1. The van der Waals surface area contributed by atoms with Gasteiger partial charge in [-0.3, -0.25) is 4.79 Å². The molecule has 0 radical (unpaired) electrons. The number of carbonyl (C=O) groups is 2. The molecule has 25 heavy (non-hydrogen) atoms. The Kier molecular flexibility index (Phi) is 4.92. The van der Waals surface area contributed by atoms with Crippen LogP contribution in [0, 0.1) is 11.8 Å². The zero-order chi connectivity index (χ0) is 17.4. The highest BCUT2D eigenvalue weighted by Crippen LogP contribution is 2.41. The monoisotopic (exact) mass is 347 g/mol. The van der Waals surface area contributed by atoms with Gasteiger partial charge in [-0.2, -0.15) is 0 Å². The van der Waals surface area contributed by atoms with E-state index in [4.69, 9.17) is 0 Å². The average molecular weight is 348 g/mol. The summed E-state index contributed by atoms with van der Waals surface area (Å²) in [6.07, 6.45) is 10.3. The van der Waals surface area contributed by atoms with Gasteiger partial charge in [-0.15, -0.1) is 0 Å². The average Bonchev–Trinajstić information content (AvgIpc) is 3.27. The van der Waals surface area contributed by atoms with Gasteiger partial charge in [-0.1, -0.05) is 12.8 Å². The fourth-order valence-electron chi connectivity index (χ4n) is 5.73. The summed E-state index contributed by atoms with van der Waals surface area (Å²) in [7, 11) is 0. The maximum Gasteiger partial charge on any atom is 0.319 e. The predicted octanol–water partition coefficient (Wildman–Crippen LogP) is 3.09. The minimum Gasteiger partial charge on any atom is -0.336 e. The molecular weight excluding hydrogens is 314 g/mol. The highest BCUT2D eigenvalue weighted by Gasteiger charge is 2.44. The number of urea groups is 1. The van der Waals surface area contributed by atoms with Crippen LogP contribution in [0.4, 0.5) is 4.79 Å². The van der Waals surface area contributed by atoms with E-state index in [9.17, 15) is 9.59 Å². The van der Waals surface area contributed by atoms with E-state index in [1.165, 1.54) is 32.1 Å². The lowest BCUT2D eigenvalue weighted by Gasteiger charge is -2.39. The lowest BCUT2D eigenvalue weighted by molar-refractivity contribution is -0.140. The molecule has 3 heterocycles. The first-order valence-corrected chi connectivity index (χ1v) is 10.5. The second-order valence-electron chi connectivity index (χ2n) is 8.68. The van der Waals surface area contributed by atoms with Crippen LogP contribution < -0.4 is 0 Å². The minimum absolute atomic E-state index is 0.130. The van der Waals surface area contributed by atoms with Crippen LogP contribution in [0.3, 0.4) is 0 Å². The normalized spacial score (nSPS) is 33.6. The van der Waals surface area contributed by atoms with Crippen molar-refractivity contribution in [3.8, 4) is 0 Å². The molecule has 0 spiro atoms. The Morgan fingerprint density at radius 3 is 2.16 bits per heavy atom. The SMILES string of the molecule is CC1CC2CCCCC2N1C(=O)C1CCN(C(=O)N2CCCC2)CC1. The van der Waals surface area contributed by atoms with E-state index in [-0.39, 0.29) is 11.9 Å². The predicted molar refractivity (Wildman–Crippen MR) is 97.2 cm³/mol. The number of amides is 3. The summed E-state index contributed by atoms with van der Waals surface area (Å²) in [4.78, 5) is 32.0. The smallest absolute Gasteiger partial charge is 0.319 e. The molecule has 5 heteroatoms. The van der Waals surface area contributed by atoms with E-state index in [2.05, 4.69) is 11.8 Å². The van der Waals surface area contributed by atoms with Crippen molar-refractivity contribution in [2.45, 2.75) is 76.8 Å². The molecule has 4 fully saturated rings. The molecule has 0 aromatic rings. The number of carbonyl (C=O) groups excluding carboxylic acids is 2. The van der Waals surface area contributed by atoms with Gasteiger partial charge in [0.1, 0.15) is 0 Å². The van der Waals surface area contributed by atoms with Crippen LogP contribution >= 0.6 is 0 Å². The van der Waals surface area contributed by atoms with Crippen LogP contribution in [0.2, 0.25) is 0 Å². The third kappa shape index (κ3) is 3.26. The summed E-state index contributed by atoms with van der Waals surface area (Å²) in [6, 6.07) is 1.11. The molecule has 4 rings (SSSR count). The van der Waals surface area contributed by atoms with Crippen LogP contribution in [0.1, 0.15) is 64.7 Å². The topological polar surface area (TPSA) is 43.9 Å². The number of nitrogens with zero attached hydrogens (tertiary/aromatic N) is 3. The number of rotatable bonds is 1. The Labute approximate surface area is 151 Å². The number of hydrogen-bond donors (Lipinski definition) is 0. The number of hydrogen-bond acceptors (Lipinski definition) is 2. The molecule has 0 aromatic carbocycles. The van der Waals surface area contributed by atoms with E-state index in [0.717, 1.165) is 57.8 Å². The van der Waals surface area contributed by atoms with Gasteiger partial charge in [0.25, 0.3) is 0 Å². The van der Waals surface area contributed by atoms with Crippen molar-refractivity contribution >= 4 is 11.9 Å². The van der Waals surface area contributed by atoms with Gasteiger partial charge in [0.05, 0.1) is 0 Å². The van der Waals surface area contributed by atoms with Gasteiger partial charge in [0.15, 0.2) is 0 Å². The van der Waals surface area contributed by atoms with Gasteiger partial charge in [0, 0.05) is 44.2 Å². The lowest BCUT2D eigenvalue weighted by atomic mass is 9.84. The number of likely N-dealkylation sites (tertiary alicyclic amines) is 3. The highest BCUT2D eigenvalue weighted by molar-refractivity contribution is 5.81. The summed E-state index contributed by atoms with van der Waals surface area (Å²) >= 11 is 0. The molecule has 3 amide bonds. The van der Waals surface area contributed by atoms with E-state index in [1.807, 2.05) is 9.80 Å². The zero-order valence-electron chi connectivity index (χ0n) is 15.7. The second-order valence-corrected chi connectivity index (χ2v) is 8.68. The molecule has 3 aliphatic heterocycles. The van der Waals surface area contributed by atoms with Crippen LogP contribution in [-0.2, 0) is 4.79 Å². The Balaban J connectivity index is 1.34. The molecule has 3 unspecified atom stereocenters. The molecule has 1 aliphatic carbocycles. The summed E-state index contributed by atoms with van der Waals surface area (Å²) in [5.41, 5.74) is 0. The van der Waals surface area contributed by atoms with E-state index in [1.54, 1.807) is 0 Å². The molecule has 4 aliphatic rings. The molecule has 5 nitrogen and oxygen atoms in total. The van der Waals surface area contributed by atoms with Crippen molar-refractivity contribution < 1.29 is 9.59 Å². The Morgan fingerprint density at radius 1 is 0.800 bits per heavy atom. The van der Waals surface area contributed by atoms with Crippen LogP contribution in [-0.4, -0.2) is 64.9 Å². The Bertz CT molecular complexity index is 509. The van der Waals surface area contributed by atoms with Gasteiger partial charge >= 0.3 is 6.03 Å². The van der Waals surface area contributed by atoms with Gasteiger partial charge < -0.3 is 14.7 Å². The van der Waals surface area contributed by atoms with E-state index >= 15 is 0 Å². The molecule has 0 aromatic heterocycles. The third-order valence-corrected chi connectivity index (χ3v) is 7.09. The molecule has 3 atom stereocenters. The van der Waals surface area contributed by atoms with Gasteiger partial charge in [0.2, 0.25) is 5.91 Å². The first kappa shape index (κ1) is 17.2. The first-order valence-electron chi connectivity index (χ1n) is 10.5. The lowest BCUT2D eigenvalue weighted by Crippen LogP contribution is -2.50. The molecule has 3 saturated heterocycles. The molecular formula is C20H33N3O2. The summed E-state index contributed by atoms with van der Waals surface area (Å²) in [5, 5.41) is 0. The minimum atomic E-state index is 0.130. The largest absolute Gasteiger partial charge is 0.336 e. The van der Waals surface area contributed by atoms with Gasteiger partial charge in [-0.05, 0) is 57.8 Å². The van der Waals surface area contributed by atoms with E-state index in [0.29, 0.717) is 18.0 Å². The molecule has 0 bridgehead atoms. The van der Waals surface area contributed by atoms with Crippen molar-refractivity contribution in [2.24, 2.45) is 11.8 Å². The molecule has 1 saturated carbocycles. The van der Waals surface area contributed by atoms with Crippen LogP contribution in [0.5, 0.6) is 0 Å². The first-order chi connectivity index (χ1) is 12.1. The summed E-state index contributed by atoms with van der Waals surface area (Å²) in [5.74, 6) is 1.26. The standard InChI is InChI=1S/C20H33N3O2/c1-15-14-17-6-2-3-7-18(17)23(15)19(24)16-8-12-22(13-9-16)20(25)21-10-4-5-11-21/h15-18H,2-14H2,1H3. The van der Waals surface area contributed by atoms with Crippen LogP contribution in [0.25, 0.3) is 0 Å². The van der Waals surface area contributed by atoms with Crippen molar-refractivity contribution in [1.29, 1.82) is 0 Å². The number of fused-ring (bicyclic) bond motifs is 1. The summed E-state index contributed by atoms with van der Waals surface area (Å²) < 4.78 is 0. The molecule has 0 N–H and O–H groups in total. The summed E-state index contributed by atoms with van der Waals surface area (Å²) in [6.45, 7) is 5.56. The third-order valence-electron chi connectivity index (χ3n) is 7.09. The highest BCUT2D eigenvalue weighted by atomic mass is 16.2. The molecule has 140 valence electrons. The van der Waals surface area contributed by atoms with Crippen LogP contribution in [0.15, 0.2) is 0 Å². The van der Waals surface area contributed by atoms with E-state index < -0.39 is 0 Å². The fourth-order valence-corrected chi connectivity index (χ4v) is 5.73. The van der Waals surface area contributed by atoms with Gasteiger partial charge in [-0.25, -0.2) is 4.79 Å². The zero-order valence-corrected chi connectivity index (χ0v) is 15.7. The van der Waals surface area contributed by atoms with Crippen molar-refractivity contribution in [1.82, 2.24) is 14.7 Å². The van der Waals surface area contributed by atoms with Crippen molar-refractivity contribution in [3.63, 3.8) is 0 Å². The maximum atomic E-state index is 13.2.